The number of aliphatic hydroxyl groups excluding tert-OH is 1. The van der Waals surface area contributed by atoms with Crippen LogP contribution in [0.1, 0.15) is 18.1 Å². The molecule has 3 N–H and O–H groups in total. The van der Waals surface area contributed by atoms with Crippen LogP contribution < -0.4 is 15.4 Å². The van der Waals surface area contributed by atoms with Crippen LogP contribution >= 0.6 is 11.6 Å². The first-order chi connectivity index (χ1) is 16.0. The monoisotopic (exact) mass is 465 g/mol. The summed E-state index contributed by atoms with van der Waals surface area (Å²) in [6.07, 6.45) is 1.64. The molecule has 0 aliphatic carbocycles. The molecule has 4 rings (SSSR count). The molecule has 0 saturated heterocycles. The molecule has 3 aromatic rings. The standard InChI is InChI=1S/C24H24ClN5O3/c1-24(14-31)13-28-22-16(12-26)9-15(10-18(22)24)19-5-6-27-23(29-19)30-20-11-17(25)3-4-21(20)33-8-7-32-2/h3-6,9-11,28,31H,7-8,13-14H2,1-2H3,(H,27,29,30). The van der Waals surface area contributed by atoms with E-state index in [1.54, 1.807) is 43.6 Å². The number of aromatic nitrogens is 2. The van der Waals surface area contributed by atoms with Crippen molar-refractivity contribution in [2.24, 2.45) is 0 Å². The van der Waals surface area contributed by atoms with Gasteiger partial charge in [-0.25, -0.2) is 9.97 Å². The van der Waals surface area contributed by atoms with Gasteiger partial charge in [0.25, 0.3) is 0 Å². The summed E-state index contributed by atoms with van der Waals surface area (Å²) in [6, 6.07) is 13.0. The van der Waals surface area contributed by atoms with Crippen LogP contribution in [0.5, 0.6) is 5.75 Å². The average Bonchev–Trinajstić information content (AvgIpc) is 3.17. The van der Waals surface area contributed by atoms with E-state index in [2.05, 4.69) is 26.7 Å². The van der Waals surface area contributed by atoms with Crippen molar-refractivity contribution in [1.29, 1.82) is 5.26 Å². The predicted molar refractivity (Wildman–Crippen MR) is 127 cm³/mol. The highest BCUT2D eigenvalue weighted by Crippen LogP contribution is 2.41. The van der Waals surface area contributed by atoms with E-state index in [0.29, 0.717) is 53.4 Å². The summed E-state index contributed by atoms with van der Waals surface area (Å²) in [4.78, 5) is 8.97. The Hall–Kier alpha value is -3.38. The predicted octanol–water partition coefficient (Wildman–Crippen LogP) is 4.11. The first-order valence-corrected chi connectivity index (χ1v) is 10.8. The van der Waals surface area contributed by atoms with Gasteiger partial charge in [0, 0.05) is 35.9 Å². The minimum Gasteiger partial charge on any atom is -0.489 e. The zero-order chi connectivity index (χ0) is 23.4. The third-order valence-corrected chi connectivity index (χ3v) is 5.83. The maximum absolute atomic E-state index is 9.94. The van der Waals surface area contributed by atoms with Crippen LogP contribution in [0, 0.1) is 11.3 Å². The summed E-state index contributed by atoms with van der Waals surface area (Å²) in [5.41, 5.74) is 3.73. The van der Waals surface area contributed by atoms with Crippen molar-refractivity contribution in [1.82, 2.24) is 9.97 Å². The molecule has 0 spiro atoms. The van der Waals surface area contributed by atoms with E-state index >= 15 is 0 Å². The lowest BCUT2D eigenvalue weighted by molar-refractivity contribution is 0.146. The Balaban J connectivity index is 1.67. The lowest BCUT2D eigenvalue weighted by Gasteiger charge is -2.21. The SMILES string of the molecule is COCCOc1ccc(Cl)cc1Nc1nccc(-c2cc(C#N)c3c(c2)C(C)(CO)CN3)n1. The topological polar surface area (TPSA) is 112 Å². The molecule has 1 aliphatic rings. The van der Waals surface area contributed by atoms with Crippen LogP contribution in [-0.2, 0) is 10.2 Å². The molecule has 0 fully saturated rings. The van der Waals surface area contributed by atoms with Crippen molar-refractivity contribution >= 4 is 28.9 Å². The highest BCUT2D eigenvalue weighted by Gasteiger charge is 2.35. The molecule has 0 saturated carbocycles. The number of nitriles is 1. The molecule has 2 heterocycles. The Labute approximate surface area is 197 Å². The van der Waals surface area contributed by atoms with Crippen LogP contribution in [0.2, 0.25) is 5.02 Å². The maximum atomic E-state index is 9.94. The van der Waals surface area contributed by atoms with Gasteiger partial charge >= 0.3 is 0 Å². The minimum absolute atomic E-state index is 0.0293. The number of halogens is 1. The van der Waals surface area contributed by atoms with Crippen molar-refractivity contribution in [3.05, 3.63) is 58.7 Å². The number of ether oxygens (including phenoxy) is 2. The molecule has 0 amide bonds. The zero-order valence-corrected chi connectivity index (χ0v) is 19.1. The normalized spacial score (nSPS) is 16.6. The van der Waals surface area contributed by atoms with E-state index < -0.39 is 5.41 Å². The summed E-state index contributed by atoms with van der Waals surface area (Å²) >= 11 is 6.18. The zero-order valence-electron chi connectivity index (χ0n) is 18.4. The molecule has 1 aromatic heterocycles. The number of aliphatic hydroxyl groups is 1. The first-order valence-electron chi connectivity index (χ1n) is 10.4. The molecule has 1 atom stereocenters. The summed E-state index contributed by atoms with van der Waals surface area (Å²) in [5.74, 6) is 0.952. The van der Waals surface area contributed by atoms with E-state index in [-0.39, 0.29) is 6.61 Å². The van der Waals surface area contributed by atoms with Crippen LogP contribution in [0.25, 0.3) is 11.3 Å². The van der Waals surface area contributed by atoms with Crippen molar-refractivity contribution in [3.8, 4) is 23.1 Å². The van der Waals surface area contributed by atoms with Gasteiger partial charge in [-0.05, 0) is 42.0 Å². The minimum atomic E-state index is -0.472. The molecule has 0 radical (unpaired) electrons. The van der Waals surface area contributed by atoms with Gasteiger partial charge in [0.05, 0.1) is 35.8 Å². The molecule has 33 heavy (non-hydrogen) atoms. The molecular weight excluding hydrogens is 442 g/mol. The van der Waals surface area contributed by atoms with Crippen molar-refractivity contribution < 1.29 is 14.6 Å². The number of hydrogen-bond acceptors (Lipinski definition) is 8. The largest absolute Gasteiger partial charge is 0.489 e. The number of nitrogens with one attached hydrogen (secondary N) is 2. The van der Waals surface area contributed by atoms with Crippen LogP contribution in [0.4, 0.5) is 17.3 Å². The Morgan fingerprint density at radius 1 is 1.27 bits per heavy atom. The quantitative estimate of drug-likeness (QED) is 0.426. The average molecular weight is 466 g/mol. The van der Waals surface area contributed by atoms with Crippen LogP contribution in [-0.4, -0.2) is 48.5 Å². The number of hydrogen-bond donors (Lipinski definition) is 3. The number of fused-ring (bicyclic) bond motifs is 1. The summed E-state index contributed by atoms with van der Waals surface area (Å²) in [7, 11) is 1.61. The smallest absolute Gasteiger partial charge is 0.227 e. The molecule has 170 valence electrons. The second kappa shape index (κ2) is 9.63. The highest BCUT2D eigenvalue weighted by molar-refractivity contribution is 6.31. The number of anilines is 3. The molecular formula is C24H24ClN5O3. The lowest BCUT2D eigenvalue weighted by Crippen LogP contribution is -2.28. The molecule has 1 unspecified atom stereocenters. The van der Waals surface area contributed by atoms with Crippen LogP contribution in [0.3, 0.4) is 0 Å². The van der Waals surface area contributed by atoms with Gasteiger partial charge in [0.1, 0.15) is 18.4 Å². The number of rotatable bonds is 8. The molecule has 2 aromatic carbocycles. The Morgan fingerprint density at radius 2 is 2.12 bits per heavy atom. The summed E-state index contributed by atoms with van der Waals surface area (Å²) in [5, 5.41) is 26.6. The highest BCUT2D eigenvalue weighted by atomic mass is 35.5. The number of methoxy groups -OCH3 is 1. The van der Waals surface area contributed by atoms with E-state index in [1.165, 1.54) is 0 Å². The summed E-state index contributed by atoms with van der Waals surface area (Å²) in [6.45, 7) is 3.34. The van der Waals surface area contributed by atoms with Gasteiger partial charge in [-0.15, -0.1) is 0 Å². The van der Waals surface area contributed by atoms with Crippen molar-refractivity contribution in [2.75, 3.05) is 44.1 Å². The van der Waals surface area contributed by atoms with Crippen LogP contribution in [0.15, 0.2) is 42.6 Å². The first kappa shape index (κ1) is 22.8. The van der Waals surface area contributed by atoms with Gasteiger partial charge in [0.15, 0.2) is 0 Å². The third-order valence-electron chi connectivity index (χ3n) is 5.60. The molecule has 9 heteroatoms. The lowest BCUT2D eigenvalue weighted by atomic mass is 9.83. The molecule has 8 nitrogen and oxygen atoms in total. The molecule has 1 aliphatic heterocycles. The van der Waals surface area contributed by atoms with E-state index in [9.17, 15) is 10.4 Å². The fraction of sp³-hybridized carbons (Fsp3) is 0.292. The Kier molecular flexibility index (Phi) is 6.65. The fourth-order valence-corrected chi connectivity index (χ4v) is 3.90. The molecule has 0 bridgehead atoms. The van der Waals surface area contributed by atoms with Crippen molar-refractivity contribution in [3.63, 3.8) is 0 Å². The Bertz CT molecular complexity index is 1210. The van der Waals surface area contributed by atoms with Crippen molar-refractivity contribution in [2.45, 2.75) is 12.3 Å². The second-order valence-corrected chi connectivity index (χ2v) is 8.44. The van der Waals surface area contributed by atoms with Gasteiger partial charge in [0.2, 0.25) is 5.95 Å². The summed E-state index contributed by atoms with van der Waals surface area (Å²) < 4.78 is 10.8. The number of nitrogens with zero attached hydrogens (tertiary/aromatic N) is 3. The van der Waals surface area contributed by atoms with Gasteiger partial charge in [-0.1, -0.05) is 18.5 Å². The number of benzene rings is 2. The van der Waals surface area contributed by atoms with E-state index in [1.807, 2.05) is 13.0 Å². The van der Waals surface area contributed by atoms with E-state index in [4.69, 9.17) is 21.1 Å². The van der Waals surface area contributed by atoms with Gasteiger partial charge in [-0.3, -0.25) is 0 Å². The third kappa shape index (κ3) is 4.71. The van der Waals surface area contributed by atoms with E-state index in [0.717, 1.165) is 16.8 Å². The second-order valence-electron chi connectivity index (χ2n) is 8.00. The maximum Gasteiger partial charge on any atom is 0.227 e. The van der Waals surface area contributed by atoms with Gasteiger partial charge in [-0.2, -0.15) is 5.26 Å². The fourth-order valence-electron chi connectivity index (χ4n) is 3.73. The van der Waals surface area contributed by atoms with Gasteiger partial charge < -0.3 is 25.2 Å². The Morgan fingerprint density at radius 3 is 2.88 bits per heavy atom.